The van der Waals surface area contributed by atoms with E-state index in [0.29, 0.717) is 18.6 Å². The van der Waals surface area contributed by atoms with Crippen molar-refractivity contribution >= 4 is 36.0 Å². The van der Waals surface area contributed by atoms with Crippen LogP contribution < -0.4 is 10.6 Å². The van der Waals surface area contributed by atoms with Gasteiger partial charge in [-0.1, -0.05) is 6.92 Å². The van der Waals surface area contributed by atoms with Crippen molar-refractivity contribution in [3.63, 3.8) is 0 Å². The van der Waals surface area contributed by atoms with Gasteiger partial charge in [-0.15, -0.1) is 24.0 Å². The molecule has 2 fully saturated rings. The molecule has 0 spiro atoms. The first kappa shape index (κ1) is 25.8. The number of amides is 1. The predicted molar refractivity (Wildman–Crippen MR) is 134 cm³/mol. The molecule has 2 bridgehead atoms. The zero-order valence-electron chi connectivity index (χ0n) is 19.5. The van der Waals surface area contributed by atoms with Crippen molar-refractivity contribution in [3.8, 4) is 0 Å². The van der Waals surface area contributed by atoms with E-state index in [2.05, 4.69) is 24.5 Å². The number of carbonyl (C=O) groups is 1. The van der Waals surface area contributed by atoms with Crippen LogP contribution in [0, 0.1) is 0 Å². The molecular formula is C23H39IN4O3. The number of piperidine rings is 1. The maximum Gasteiger partial charge on any atom is 0.410 e. The lowest BCUT2D eigenvalue weighted by Crippen LogP contribution is -2.55. The molecule has 1 aromatic heterocycles. The second-order valence-corrected chi connectivity index (χ2v) is 9.60. The minimum absolute atomic E-state index is 0. The van der Waals surface area contributed by atoms with Crippen molar-refractivity contribution in [1.29, 1.82) is 0 Å². The van der Waals surface area contributed by atoms with Crippen LogP contribution in [0.2, 0.25) is 0 Å². The number of halogens is 1. The van der Waals surface area contributed by atoms with Crippen molar-refractivity contribution in [3.05, 3.63) is 24.2 Å². The number of hydrogen-bond donors (Lipinski definition) is 2. The fourth-order valence-corrected chi connectivity index (χ4v) is 4.30. The summed E-state index contributed by atoms with van der Waals surface area (Å²) in [7, 11) is 0. The Kier molecular flexibility index (Phi) is 9.51. The summed E-state index contributed by atoms with van der Waals surface area (Å²) in [5.74, 6) is 1.80. The number of guanidine groups is 1. The molecule has 3 unspecified atom stereocenters. The average Bonchev–Trinajstić information content (AvgIpc) is 3.26. The van der Waals surface area contributed by atoms with E-state index in [1.807, 2.05) is 37.8 Å². The van der Waals surface area contributed by atoms with E-state index < -0.39 is 5.60 Å². The molecule has 0 aliphatic carbocycles. The summed E-state index contributed by atoms with van der Waals surface area (Å²) < 4.78 is 11.1. The summed E-state index contributed by atoms with van der Waals surface area (Å²) in [6, 6.07) is 5.02. The fraction of sp³-hybridized carbons (Fsp3) is 0.739. The molecule has 2 saturated heterocycles. The zero-order valence-corrected chi connectivity index (χ0v) is 21.8. The van der Waals surface area contributed by atoms with Gasteiger partial charge < -0.3 is 24.7 Å². The number of aliphatic imine (C=N–C) groups is 1. The smallest absolute Gasteiger partial charge is 0.410 e. The van der Waals surface area contributed by atoms with Gasteiger partial charge in [-0.25, -0.2) is 4.79 Å². The minimum atomic E-state index is -0.459. The number of ether oxygens (including phenoxy) is 1. The number of nitrogens with one attached hydrogen (secondary N) is 2. The molecule has 2 N–H and O–H groups in total. The van der Waals surface area contributed by atoms with Crippen molar-refractivity contribution in [2.24, 2.45) is 4.99 Å². The largest absolute Gasteiger partial charge is 0.469 e. The van der Waals surface area contributed by atoms with Gasteiger partial charge >= 0.3 is 6.09 Å². The van der Waals surface area contributed by atoms with E-state index in [1.54, 1.807) is 6.26 Å². The van der Waals surface area contributed by atoms with Gasteiger partial charge in [0.05, 0.1) is 6.26 Å². The van der Waals surface area contributed by atoms with Crippen LogP contribution in [0.3, 0.4) is 0 Å². The first-order valence-corrected chi connectivity index (χ1v) is 11.4. The van der Waals surface area contributed by atoms with E-state index in [1.165, 1.54) is 0 Å². The Morgan fingerprint density at radius 1 is 1.32 bits per heavy atom. The highest BCUT2D eigenvalue weighted by Crippen LogP contribution is 2.36. The summed E-state index contributed by atoms with van der Waals surface area (Å²) in [5, 5.41) is 7.15. The van der Waals surface area contributed by atoms with E-state index in [4.69, 9.17) is 14.1 Å². The maximum atomic E-state index is 12.7. The molecule has 176 valence electrons. The van der Waals surface area contributed by atoms with Gasteiger partial charge in [-0.3, -0.25) is 4.99 Å². The lowest BCUT2D eigenvalue weighted by molar-refractivity contribution is 0.00544. The summed E-state index contributed by atoms with van der Waals surface area (Å²) in [5.41, 5.74) is -0.459. The van der Waals surface area contributed by atoms with Crippen LogP contribution in [0.1, 0.15) is 72.5 Å². The molecule has 8 heteroatoms. The second kappa shape index (κ2) is 11.4. The third-order valence-corrected chi connectivity index (χ3v) is 5.88. The standard InChI is InChI=1S/C23H38N4O3.HI/c1-6-16(2)25-21(24-12-11-20-8-7-13-29-20)26-17-14-18-9-10-19(15-17)27(18)22(28)30-23(3,4)5;/h7-8,13,16-19H,6,9-12,14-15H2,1-5H3,(H2,24,25,26);1H. The highest BCUT2D eigenvalue weighted by atomic mass is 127. The molecule has 2 aliphatic heterocycles. The molecule has 3 atom stereocenters. The summed E-state index contributed by atoms with van der Waals surface area (Å²) in [4.78, 5) is 19.4. The molecule has 7 nitrogen and oxygen atoms in total. The first-order chi connectivity index (χ1) is 14.2. The van der Waals surface area contributed by atoms with Crippen molar-refractivity contribution in [2.75, 3.05) is 6.54 Å². The molecule has 31 heavy (non-hydrogen) atoms. The van der Waals surface area contributed by atoms with Gasteiger partial charge in [-0.2, -0.15) is 0 Å². The fourth-order valence-electron chi connectivity index (χ4n) is 4.30. The van der Waals surface area contributed by atoms with Crippen LogP contribution >= 0.6 is 24.0 Å². The quantitative estimate of drug-likeness (QED) is 0.307. The molecule has 3 heterocycles. The third-order valence-electron chi connectivity index (χ3n) is 5.88. The highest BCUT2D eigenvalue weighted by molar-refractivity contribution is 14.0. The molecule has 0 aromatic carbocycles. The van der Waals surface area contributed by atoms with Gasteiger partial charge in [0.15, 0.2) is 5.96 Å². The van der Waals surface area contributed by atoms with Crippen LogP contribution in [0.4, 0.5) is 4.79 Å². The van der Waals surface area contributed by atoms with Crippen LogP contribution in [0.15, 0.2) is 27.8 Å². The van der Waals surface area contributed by atoms with E-state index >= 15 is 0 Å². The Morgan fingerprint density at radius 3 is 2.55 bits per heavy atom. The Hall–Kier alpha value is -1.45. The number of rotatable bonds is 6. The number of furan rings is 1. The summed E-state index contributed by atoms with van der Waals surface area (Å²) >= 11 is 0. The van der Waals surface area contributed by atoms with Gasteiger partial charge in [0.1, 0.15) is 11.4 Å². The average molecular weight is 546 g/mol. The van der Waals surface area contributed by atoms with Gasteiger partial charge in [0.2, 0.25) is 0 Å². The molecule has 1 amide bonds. The lowest BCUT2D eigenvalue weighted by Gasteiger charge is -2.40. The van der Waals surface area contributed by atoms with E-state index in [0.717, 1.165) is 50.2 Å². The number of carbonyl (C=O) groups excluding carboxylic acids is 1. The summed E-state index contributed by atoms with van der Waals surface area (Å²) in [6.07, 6.45) is 7.29. The number of hydrogen-bond acceptors (Lipinski definition) is 4. The third kappa shape index (κ3) is 7.57. The normalized spacial score (nSPS) is 24.4. The monoisotopic (exact) mass is 546 g/mol. The second-order valence-electron chi connectivity index (χ2n) is 9.60. The van der Waals surface area contributed by atoms with Crippen molar-refractivity contribution in [2.45, 2.75) is 103 Å². The Morgan fingerprint density at radius 2 is 2.00 bits per heavy atom. The van der Waals surface area contributed by atoms with E-state index in [-0.39, 0.29) is 42.2 Å². The number of fused-ring (bicyclic) bond motifs is 2. The lowest BCUT2D eigenvalue weighted by atomic mass is 9.98. The maximum absolute atomic E-state index is 12.7. The summed E-state index contributed by atoms with van der Waals surface area (Å²) in [6.45, 7) is 10.8. The van der Waals surface area contributed by atoms with Crippen molar-refractivity contribution < 1.29 is 13.9 Å². The van der Waals surface area contributed by atoms with Crippen molar-refractivity contribution in [1.82, 2.24) is 15.5 Å². The highest BCUT2D eigenvalue weighted by Gasteiger charge is 2.45. The van der Waals surface area contributed by atoms with E-state index in [9.17, 15) is 4.79 Å². The molecule has 0 saturated carbocycles. The topological polar surface area (TPSA) is 79.1 Å². The van der Waals surface area contributed by atoms with Crippen LogP contribution in [-0.2, 0) is 11.2 Å². The zero-order chi connectivity index (χ0) is 21.7. The predicted octanol–water partition coefficient (Wildman–Crippen LogP) is 4.70. The van der Waals surface area contributed by atoms with Crippen LogP contribution in [0.5, 0.6) is 0 Å². The molecular weight excluding hydrogens is 507 g/mol. The molecule has 3 rings (SSSR count). The SMILES string of the molecule is CCC(C)NC(=NCCc1ccco1)NC1CC2CCC(C1)N2C(=O)OC(C)(C)C.I. The van der Waals surface area contributed by atoms with Crippen LogP contribution in [-0.4, -0.2) is 53.3 Å². The van der Waals surface area contributed by atoms with Gasteiger partial charge in [-0.05, 0) is 71.9 Å². The van der Waals surface area contributed by atoms with Gasteiger partial charge in [0.25, 0.3) is 0 Å². The number of nitrogens with zero attached hydrogens (tertiary/aromatic N) is 2. The molecule has 0 radical (unpaired) electrons. The first-order valence-electron chi connectivity index (χ1n) is 11.4. The molecule has 2 aliphatic rings. The van der Waals surface area contributed by atoms with Crippen LogP contribution in [0.25, 0.3) is 0 Å². The Labute approximate surface area is 203 Å². The minimum Gasteiger partial charge on any atom is -0.469 e. The Bertz CT molecular complexity index is 703. The Balaban J connectivity index is 0.00000341. The molecule has 1 aromatic rings. The van der Waals surface area contributed by atoms with Gasteiger partial charge in [0, 0.05) is 37.1 Å².